The summed E-state index contributed by atoms with van der Waals surface area (Å²) in [5.74, 6) is 1.14. The third-order valence-electron chi connectivity index (χ3n) is 4.12. The zero-order valence-corrected chi connectivity index (χ0v) is 14.8. The zero-order chi connectivity index (χ0) is 18.6. The van der Waals surface area contributed by atoms with Gasteiger partial charge in [-0.1, -0.05) is 23.7 Å². The predicted octanol–water partition coefficient (Wildman–Crippen LogP) is 4.00. The van der Waals surface area contributed by atoms with Crippen LogP contribution in [0.1, 0.15) is 5.56 Å². The number of pyridine rings is 1. The quantitative estimate of drug-likeness (QED) is 0.778. The molecule has 0 unspecified atom stereocenters. The van der Waals surface area contributed by atoms with Gasteiger partial charge in [0, 0.05) is 38.9 Å². The topological polar surface area (TPSA) is 28.6 Å². The lowest BCUT2D eigenvalue weighted by Crippen LogP contribution is -2.46. The van der Waals surface area contributed by atoms with Crippen molar-refractivity contribution in [3.63, 3.8) is 0 Å². The van der Waals surface area contributed by atoms with E-state index in [0.717, 1.165) is 37.6 Å². The zero-order valence-electron chi connectivity index (χ0n) is 14.0. The molecule has 0 bridgehead atoms. The first-order chi connectivity index (χ1) is 12.4. The van der Waals surface area contributed by atoms with Crippen molar-refractivity contribution in [1.29, 1.82) is 0 Å². The summed E-state index contributed by atoms with van der Waals surface area (Å²) in [6, 6.07) is 10.5. The first-order valence-electron chi connectivity index (χ1n) is 8.26. The van der Waals surface area contributed by atoms with Gasteiger partial charge in [0.15, 0.2) is 6.61 Å². The van der Waals surface area contributed by atoms with E-state index >= 15 is 0 Å². The van der Waals surface area contributed by atoms with Crippen molar-refractivity contribution in [2.45, 2.75) is 12.7 Å². The van der Waals surface area contributed by atoms with Crippen LogP contribution in [-0.4, -0.2) is 48.8 Å². The monoisotopic (exact) mass is 385 g/mol. The number of benzene rings is 1. The fourth-order valence-corrected chi connectivity index (χ4v) is 2.96. The molecule has 4 nitrogen and oxygen atoms in total. The highest BCUT2D eigenvalue weighted by molar-refractivity contribution is 6.30. The fraction of sp³-hybridized carbons (Fsp3) is 0.389. The summed E-state index contributed by atoms with van der Waals surface area (Å²) in [6.45, 7) is 2.75. The molecule has 0 saturated carbocycles. The second-order valence-corrected chi connectivity index (χ2v) is 6.59. The van der Waals surface area contributed by atoms with E-state index in [4.69, 9.17) is 16.3 Å². The Labute approximate surface area is 155 Å². The van der Waals surface area contributed by atoms with E-state index in [1.54, 1.807) is 24.4 Å². The SMILES string of the molecule is FC(F)(F)COc1cccc(CN2CCN(c3ccc(Cl)cn3)CC2)c1. The molecule has 1 aliphatic heterocycles. The highest BCUT2D eigenvalue weighted by Gasteiger charge is 2.28. The van der Waals surface area contributed by atoms with Gasteiger partial charge in [0.25, 0.3) is 0 Å². The maximum atomic E-state index is 12.3. The second kappa shape index (κ2) is 8.14. The minimum Gasteiger partial charge on any atom is -0.484 e. The van der Waals surface area contributed by atoms with Crippen molar-refractivity contribution in [1.82, 2.24) is 9.88 Å². The molecule has 26 heavy (non-hydrogen) atoms. The first-order valence-corrected chi connectivity index (χ1v) is 8.64. The van der Waals surface area contributed by atoms with E-state index in [1.807, 2.05) is 18.2 Å². The Morgan fingerprint density at radius 3 is 2.50 bits per heavy atom. The third-order valence-corrected chi connectivity index (χ3v) is 4.34. The van der Waals surface area contributed by atoms with Gasteiger partial charge in [-0.25, -0.2) is 4.98 Å². The molecular weight excluding hydrogens is 367 g/mol. The van der Waals surface area contributed by atoms with E-state index in [0.29, 0.717) is 11.6 Å². The summed E-state index contributed by atoms with van der Waals surface area (Å²) in [6.07, 6.45) is -2.70. The third kappa shape index (κ3) is 5.51. The molecule has 2 heterocycles. The van der Waals surface area contributed by atoms with Crippen LogP contribution in [-0.2, 0) is 6.54 Å². The van der Waals surface area contributed by atoms with Gasteiger partial charge < -0.3 is 9.64 Å². The van der Waals surface area contributed by atoms with Gasteiger partial charge in [0.05, 0.1) is 5.02 Å². The summed E-state index contributed by atoms with van der Waals surface area (Å²) in [5, 5.41) is 0.611. The number of halogens is 4. The van der Waals surface area contributed by atoms with Gasteiger partial charge in [0.1, 0.15) is 11.6 Å². The minimum absolute atomic E-state index is 0.240. The summed E-state index contributed by atoms with van der Waals surface area (Å²) in [5.41, 5.74) is 0.933. The maximum absolute atomic E-state index is 12.3. The van der Waals surface area contributed by atoms with Crippen molar-refractivity contribution >= 4 is 17.4 Å². The molecule has 3 rings (SSSR count). The lowest BCUT2D eigenvalue weighted by molar-refractivity contribution is -0.153. The molecule has 1 aliphatic rings. The number of aromatic nitrogens is 1. The van der Waals surface area contributed by atoms with Crippen LogP contribution in [0, 0.1) is 0 Å². The lowest BCUT2D eigenvalue weighted by Gasteiger charge is -2.35. The number of rotatable bonds is 5. The van der Waals surface area contributed by atoms with Crippen molar-refractivity contribution in [2.75, 3.05) is 37.7 Å². The Hall–Kier alpha value is -1.99. The van der Waals surface area contributed by atoms with Crippen LogP contribution in [0.4, 0.5) is 19.0 Å². The molecule has 0 radical (unpaired) electrons. The average Bonchev–Trinajstić information content (AvgIpc) is 2.61. The Kier molecular flexibility index (Phi) is 5.88. The molecule has 140 valence electrons. The molecule has 0 amide bonds. The van der Waals surface area contributed by atoms with E-state index in [2.05, 4.69) is 14.8 Å². The molecular formula is C18H19ClF3N3O. The van der Waals surface area contributed by atoms with Gasteiger partial charge in [-0.2, -0.15) is 13.2 Å². The Morgan fingerprint density at radius 1 is 1.08 bits per heavy atom. The number of ether oxygens (including phenoxy) is 1. The van der Waals surface area contributed by atoms with Crippen LogP contribution in [0.2, 0.25) is 5.02 Å². The highest BCUT2D eigenvalue weighted by atomic mass is 35.5. The van der Waals surface area contributed by atoms with Gasteiger partial charge in [0.2, 0.25) is 0 Å². The number of piperazine rings is 1. The van der Waals surface area contributed by atoms with Crippen LogP contribution in [0.15, 0.2) is 42.6 Å². The van der Waals surface area contributed by atoms with Crippen molar-refractivity contribution < 1.29 is 17.9 Å². The first kappa shape index (κ1) is 18.8. The molecule has 8 heteroatoms. The molecule has 0 spiro atoms. The number of hydrogen-bond acceptors (Lipinski definition) is 4. The normalized spacial score (nSPS) is 15.9. The Bertz CT molecular complexity index is 716. The van der Waals surface area contributed by atoms with Crippen LogP contribution < -0.4 is 9.64 Å². The molecule has 0 aliphatic carbocycles. The summed E-state index contributed by atoms with van der Waals surface area (Å²) in [4.78, 5) is 8.78. The van der Waals surface area contributed by atoms with Gasteiger partial charge >= 0.3 is 6.18 Å². The van der Waals surface area contributed by atoms with E-state index in [-0.39, 0.29) is 5.75 Å². The van der Waals surface area contributed by atoms with Crippen molar-refractivity contribution in [2.24, 2.45) is 0 Å². The van der Waals surface area contributed by atoms with Crippen molar-refractivity contribution in [3.8, 4) is 5.75 Å². The summed E-state index contributed by atoms with van der Waals surface area (Å²) >= 11 is 5.86. The largest absolute Gasteiger partial charge is 0.484 e. The molecule has 1 aromatic heterocycles. The molecule has 1 fully saturated rings. The van der Waals surface area contributed by atoms with Crippen LogP contribution >= 0.6 is 11.6 Å². The van der Waals surface area contributed by atoms with Gasteiger partial charge in [-0.3, -0.25) is 4.90 Å². The van der Waals surface area contributed by atoms with Crippen LogP contribution in [0.3, 0.4) is 0 Å². The van der Waals surface area contributed by atoms with Crippen LogP contribution in [0.25, 0.3) is 0 Å². The number of hydrogen-bond donors (Lipinski definition) is 0. The molecule has 0 atom stereocenters. The minimum atomic E-state index is -4.33. The molecule has 1 saturated heterocycles. The summed E-state index contributed by atoms with van der Waals surface area (Å²) in [7, 11) is 0. The van der Waals surface area contributed by atoms with Crippen LogP contribution in [0.5, 0.6) is 5.75 Å². The predicted molar refractivity (Wildman–Crippen MR) is 94.7 cm³/mol. The van der Waals surface area contributed by atoms with E-state index < -0.39 is 12.8 Å². The fourth-order valence-electron chi connectivity index (χ4n) is 2.85. The number of nitrogens with zero attached hydrogens (tertiary/aromatic N) is 3. The second-order valence-electron chi connectivity index (χ2n) is 6.15. The molecule has 2 aromatic rings. The molecule has 0 N–H and O–H groups in total. The number of alkyl halides is 3. The van der Waals surface area contributed by atoms with E-state index in [9.17, 15) is 13.2 Å². The Morgan fingerprint density at radius 2 is 1.85 bits per heavy atom. The highest BCUT2D eigenvalue weighted by Crippen LogP contribution is 2.21. The molecule has 1 aromatic carbocycles. The maximum Gasteiger partial charge on any atom is 0.422 e. The van der Waals surface area contributed by atoms with Crippen molar-refractivity contribution in [3.05, 3.63) is 53.2 Å². The lowest BCUT2D eigenvalue weighted by atomic mass is 10.2. The van der Waals surface area contributed by atoms with Gasteiger partial charge in [-0.05, 0) is 29.8 Å². The number of anilines is 1. The van der Waals surface area contributed by atoms with E-state index in [1.165, 1.54) is 0 Å². The smallest absolute Gasteiger partial charge is 0.422 e. The summed E-state index contributed by atoms with van der Waals surface area (Å²) < 4.78 is 41.6. The Balaban J connectivity index is 1.52. The van der Waals surface area contributed by atoms with Gasteiger partial charge in [-0.15, -0.1) is 0 Å². The average molecular weight is 386 g/mol. The standard InChI is InChI=1S/C18H19ClF3N3O/c19-15-4-5-17(23-11-15)25-8-6-24(7-9-25)12-14-2-1-3-16(10-14)26-13-18(20,21)22/h1-5,10-11H,6-9,12-13H2.